The normalized spacial score (nSPS) is 22.9. The number of ether oxygens (including phenoxy) is 1. The lowest BCUT2D eigenvalue weighted by atomic mass is 9.97. The summed E-state index contributed by atoms with van der Waals surface area (Å²) in [6.45, 7) is 2.75. The number of halogens is 1. The highest BCUT2D eigenvalue weighted by Gasteiger charge is 2.32. The number of benzene rings is 1. The van der Waals surface area contributed by atoms with Crippen molar-refractivity contribution in [2.45, 2.75) is 31.9 Å². The van der Waals surface area contributed by atoms with Crippen LogP contribution in [0.5, 0.6) is 0 Å². The summed E-state index contributed by atoms with van der Waals surface area (Å²) in [5.74, 6) is -0.763. The van der Waals surface area contributed by atoms with Gasteiger partial charge < -0.3 is 15.4 Å². The van der Waals surface area contributed by atoms with Crippen LogP contribution in [0.15, 0.2) is 18.2 Å². The number of nitrogens with two attached hydrogens (primary N) is 1. The molecule has 0 spiro atoms. The van der Waals surface area contributed by atoms with Gasteiger partial charge >= 0.3 is 0 Å². The number of rotatable bonds is 3. The van der Waals surface area contributed by atoms with Crippen molar-refractivity contribution in [2.24, 2.45) is 5.73 Å². The van der Waals surface area contributed by atoms with Gasteiger partial charge in [-0.1, -0.05) is 11.6 Å². The molecule has 1 amide bonds. The second-order valence-corrected chi connectivity index (χ2v) is 5.25. The van der Waals surface area contributed by atoms with Crippen molar-refractivity contribution >= 4 is 5.91 Å². The quantitative estimate of drug-likeness (QED) is 0.917. The van der Waals surface area contributed by atoms with E-state index in [0.29, 0.717) is 19.5 Å². The predicted molar refractivity (Wildman–Crippen MR) is 75.0 cm³/mol. The van der Waals surface area contributed by atoms with E-state index in [-0.39, 0.29) is 23.6 Å². The van der Waals surface area contributed by atoms with Gasteiger partial charge in [0.25, 0.3) is 5.91 Å². The number of piperidine rings is 1. The summed E-state index contributed by atoms with van der Waals surface area (Å²) in [6, 6.07) is 4.49. The van der Waals surface area contributed by atoms with Crippen molar-refractivity contribution in [3.8, 4) is 0 Å². The summed E-state index contributed by atoms with van der Waals surface area (Å²) in [5, 5.41) is 0. The molecule has 0 saturated carbocycles. The van der Waals surface area contributed by atoms with Crippen LogP contribution in [0.25, 0.3) is 0 Å². The van der Waals surface area contributed by atoms with Gasteiger partial charge in [-0.05, 0) is 31.9 Å². The lowest BCUT2D eigenvalue weighted by molar-refractivity contribution is 0.0137. The minimum absolute atomic E-state index is 0.0962. The molecule has 0 bridgehead atoms. The standard InChI is InChI=1S/C15H21FN2O2/c1-10-3-4-14(16)13(7-10)15(19)18-6-5-12(20-2)8-11(18)9-17/h3-4,7,11-12H,5-6,8-9,17H2,1-2H3. The summed E-state index contributed by atoms with van der Waals surface area (Å²) < 4.78 is 19.2. The molecule has 1 fully saturated rings. The van der Waals surface area contributed by atoms with Gasteiger partial charge in [-0.2, -0.15) is 0 Å². The Morgan fingerprint density at radius 3 is 2.95 bits per heavy atom. The minimum Gasteiger partial charge on any atom is -0.381 e. The Bertz CT molecular complexity index is 493. The lowest BCUT2D eigenvalue weighted by Gasteiger charge is -2.38. The van der Waals surface area contributed by atoms with Gasteiger partial charge in [0.05, 0.1) is 11.7 Å². The number of likely N-dealkylation sites (tertiary alicyclic amines) is 1. The van der Waals surface area contributed by atoms with Gasteiger partial charge in [-0.25, -0.2) is 4.39 Å². The molecule has 1 aromatic carbocycles. The topological polar surface area (TPSA) is 55.6 Å². The first kappa shape index (κ1) is 14.9. The molecule has 0 aliphatic carbocycles. The Morgan fingerprint density at radius 2 is 2.30 bits per heavy atom. The fourth-order valence-electron chi connectivity index (χ4n) is 2.68. The van der Waals surface area contributed by atoms with Crippen LogP contribution in [0.2, 0.25) is 0 Å². The van der Waals surface area contributed by atoms with Crippen LogP contribution < -0.4 is 5.73 Å². The first-order valence-electron chi connectivity index (χ1n) is 6.86. The number of amides is 1. The number of nitrogens with zero attached hydrogens (tertiary/aromatic N) is 1. The monoisotopic (exact) mass is 280 g/mol. The smallest absolute Gasteiger partial charge is 0.257 e. The number of methoxy groups -OCH3 is 1. The number of carbonyl (C=O) groups excluding carboxylic acids is 1. The zero-order valence-corrected chi connectivity index (χ0v) is 11.9. The van der Waals surface area contributed by atoms with Gasteiger partial charge in [-0.3, -0.25) is 4.79 Å². The van der Waals surface area contributed by atoms with Gasteiger partial charge in [0.2, 0.25) is 0 Å². The van der Waals surface area contributed by atoms with Crippen molar-refractivity contribution in [1.82, 2.24) is 4.90 Å². The molecule has 2 atom stereocenters. The molecule has 5 heteroatoms. The van der Waals surface area contributed by atoms with E-state index >= 15 is 0 Å². The van der Waals surface area contributed by atoms with Crippen LogP contribution >= 0.6 is 0 Å². The molecule has 1 aromatic rings. The van der Waals surface area contributed by atoms with E-state index in [1.165, 1.54) is 6.07 Å². The lowest BCUT2D eigenvalue weighted by Crippen LogP contribution is -2.51. The van der Waals surface area contributed by atoms with Gasteiger partial charge in [0.1, 0.15) is 5.82 Å². The Kier molecular flexibility index (Phi) is 4.73. The number of carbonyl (C=O) groups is 1. The average molecular weight is 280 g/mol. The third-order valence-electron chi connectivity index (χ3n) is 3.89. The maximum absolute atomic E-state index is 13.8. The molecule has 1 heterocycles. The van der Waals surface area contributed by atoms with Crippen molar-refractivity contribution < 1.29 is 13.9 Å². The van der Waals surface area contributed by atoms with E-state index in [9.17, 15) is 9.18 Å². The van der Waals surface area contributed by atoms with E-state index in [1.807, 2.05) is 6.92 Å². The van der Waals surface area contributed by atoms with Crippen LogP contribution in [0.4, 0.5) is 4.39 Å². The summed E-state index contributed by atoms with van der Waals surface area (Å²) in [5.41, 5.74) is 6.74. The Labute approximate surface area is 118 Å². The minimum atomic E-state index is -0.481. The Hall–Kier alpha value is -1.46. The number of hydrogen-bond acceptors (Lipinski definition) is 3. The molecule has 110 valence electrons. The highest BCUT2D eigenvalue weighted by Crippen LogP contribution is 2.22. The fourth-order valence-corrected chi connectivity index (χ4v) is 2.68. The predicted octanol–water partition coefficient (Wildman–Crippen LogP) is 1.71. The van der Waals surface area contributed by atoms with E-state index in [4.69, 9.17) is 10.5 Å². The highest BCUT2D eigenvalue weighted by molar-refractivity contribution is 5.95. The van der Waals surface area contributed by atoms with Gasteiger partial charge in [0, 0.05) is 26.2 Å². The summed E-state index contributed by atoms with van der Waals surface area (Å²) in [6.07, 6.45) is 1.58. The first-order valence-corrected chi connectivity index (χ1v) is 6.86. The summed E-state index contributed by atoms with van der Waals surface area (Å²) in [4.78, 5) is 14.2. The van der Waals surface area contributed by atoms with Crippen molar-refractivity contribution in [3.05, 3.63) is 35.1 Å². The maximum atomic E-state index is 13.8. The van der Waals surface area contributed by atoms with Gasteiger partial charge in [-0.15, -0.1) is 0 Å². The maximum Gasteiger partial charge on any atom is 0.257 e. The summed E-state index contributed by atoms with van der Waals surface area (Å²) >= 11 is 0. The second-order valence-electron chi connectivity index (χ2n) is 5.25. The number of hydrogen-bond donors (Lipinski definition) is 1. The van der Waals surface area contributed by atoms with Crippen molar-refractivity contribution in [2.75, 3.05) is 20.2 Å². The molecule has 2 unspecified atom stereocenters. The van der Waals surface area contributed by atoms with Crippen molar-refractivity contribution in [3.63, 3.8) is 0 Å². The zero-order valence-electron chi connectivity index (χ0n) is 11.9. The van der Waals surface area contributed by atoms with E-state index < -0.39 is 5.82 Å². The highest BCUT2D eigenvalue weighted by atomic mass is 19.1. The molecule has 0 radical (unpaired) electrons. The molecule has 0 aromatic heterocycles. The van der Waals surface area contributed by atoms with Crippen LogP contribution in [-0.2, 0) is 4.74 Å². The molecule has 1 aliphatic heterocycles. The molecular weight excluding hydrogens is 259 g/mol. The van der Waals surface area contributed by atoms with Crippen LogP contribution in [0, 0.1) is 12.7 Å². The van der Waals surface area contributed by atoms with E-state index in [1.54, 1.807) is 24.1 Å². The zero-order chi connectivity index (χ0) is 14.7. The molecule has 20 heavy (non-hydrogen) atoms. The van der Waals surface area contributed by atoms with Crippen LogP contribution in [0.3, 0.4) is 0 Å². The fraction of sp³-hybridized carbons (Fsp3) is 0.533. The first-order chi connectivity index (χ1) is 9.56. The molecular formula is C15H21FN2O2. The van der Waals surface area contributed by atoms with E-state index in [2.05, 4.69) is 0 Å². The molecule has 2 N–H and O–H groups in total. The van der Waals surface area contributed by atoms with Crippen LogP contribution in [0.1, 0.15) is 28.8 Å². The second kappa shape index (κ2) is 6.33. The van der Waals surface area contributed by atoms with Crippen LogP contribution in [-0.4, -0.2) is 43.2 Å². The SMILES string of the molecule is COC1CCN(C(=O)c2cc(C)ccc2F)C(CN)C1. The molecule has 2 rings (SSSR count). The van der Waals surface area contributed by atoms with Crippen molar-refractivity contribution in [1.29, 1.82) is 0 Å². The average Bonchev–Trinajstić information content (AvgIpc) is 2.48. The van der Waals surface area contributed by atoms with Gasteiger partial charge in [0.15, 0.2) is 0 Å². The third kappa shape index (κ3) is 2.99. The third-order valence-corrected chi connectivity index (χ3v) is 3.89. The molecule has 4 nitrogen and oxygen atoms in total. The molecule has 1 aliphatic rings. The molecule has 1 saturated heterocycles. The Balaban J connectivity index is 2.21. The summed E-state index contributed by atoms with van der Waals surface area (Å²) in [7, 11) is 1.66. The largest absolute Gasteiger partial charge is 0.381 e. The number of aryl methyl sites for hydroxylation is 1. The van der Waals surface area contributed by atoms with E-state index in [0.717, 1.165) is 12.0 Å². The Morgan fingerprint density at radius 1 is 1.55 bits per heavy atom.